The smallest absolute Gasteiger partial charge is 0.341 e. The molecule has 1 aromatic carbocycles. The Morgan fingerprint density at radius 3 is 2.61 bits per heavy atom. The van der Waals surface area contributed by atoms with Crippen LogP contribution in [-0.2, 0) is 13.5 Å². The number of aromatic nitrogens is 3. The number of thiophene rings is 1. The second-order valence-corrected chi connectivity index (χ2v) is 10.1. The van der Waals surface area contributed by atoms with E-state index in [0.717, 1.165) is 28.9 Å². The van der Waals surface area contributed by atoms with Gasteiger partial charge < -0.3 is 9.67 Å². The summed E-state index contributed by atoms with van der Waals surface area (Å²) < 4.78 is 5.06. The van der Waals surface area contributed by atoms with Crippen LogP contribution in [0.2, 0.25) is 0 Å². The number of aryl methyl sites for hydroxylation is 1. The van der Waals surface area contributed by atoms with Crippen LogP contribution in [0.5, 0.6) is 0 Å². The van der Waals surface area contributed by atoms with Gasteiger partial charge in [-0.1, -0.05) is 20.8 Å². The topological polar surface area (TPSA) is 77.1 Å². The fourth-order valence-electron chi connectivity index (χ4n) is 4.67. The third-order valence-electron chi connectivity index (χ3n) is 6.26. The summed E-state index contributed by atoms with van der Waals surface area (Å²) in [6.45, 7) is 6.46. The normalized spacial score (nSPS) is 15.7. The van der Waals surface area contributed by atoms with Gasteiger partial charge in [0.15, 0.2) is 5.43 Å². The SMILES string of the molecule is Cn1nccc1-c1cc2c(c3sccc13)C[C@@H](C(C)(C)C)n1cc(C(=O)O)c(=O)cc1-2. The maximum Gasteiger partial charge on any atom is 0.341 e. The van der Waals surface area contributed by atoms with E-state index in [4.69, 9.17) is 0 Å². The molecule has 1 N–H and O–H groups in total. The third kappa shape index (κ3) is 2.95. The first kappa shape index (κ1) is 19.8. The maximum atomic E-state index is 12.7. The van der Waals surface area contributed by atoms with Gasteiger partial charge in [0.1, 0.15) is 5.56 Å². The molecule has 1 atom stereocenters. The molecule has 0 radical (unpaired) electrons. The molecule has 4 heterocycles. The first-order chi connectivity index (χ1) is 14.7. The van der Waals surface area contributed by atoms with Crippen molar-refractivity contribution in [1.29, 1.82) is 0 Å². The zero-order valence-electron chi connectivity index (χ0n) is 17.8. The standard InChI is InChI=1S/C24H23N3O3S/c1-24(2,3)21-10-16-15(19-11-20(28)17(23(29)30)12-27(19)21)9-14(13-6-8-31-22(13)16)18-5-7-25-26(18)4/h5-9,11-12,21H,10H2,1-4H3,(H,29,30)/t21-/m0/s1. The fourth-order valence-corrected chi connectivity index (χ4v) is 5.65. The number of rotatable bonds is 2. The van der Waals surface area contributed by atoms with Gasteiger partial charge in [0.05, 0.1) is 11.4 Å². The highest BCUT2D eigenvalue weighted by Gasteiger charge is 2.35. The molecule has 0 fully saturated rings. The van der Waals surface area contributed by atoms with Crippen molar-refractivity contribution >= 4 is 27.4 Å². The van der Waals surface area contributed by atoms with Gasteiger partial charge in [0.25, 0.3) is 0 Å². The quantitative estimate of drug-likeness (QED) is 0.484. The molecule has 0 saturated carbocycles. The molecule has 4 aromatic rings. The Kier molecular flexibility index (Phi) is 4.24. The number of fused-ring (bicyclic) bond motifs is 5. The highest BCUT2D eigenvalue weighted by Crippen LogP contribution is 2.47. The van der Waals surface area contributed by atoms with E-state index < -0.39 is 11.4 Å². The highest BCUT2D eigenvalue weighted by atomic mass is 32.1. The summed E-state index contributed by atoms with van der Waals surface area (Å²) in [7, 11) is 1.92. The summed E-state index contributed by atoms with van der Waals surface area (Å²) in [5, 5.41) is 17.2. The van der Waals surface area contributed by atoms with Crippen LogP contribution >= 0.6 is 11.3 Å². The van der Waals surface area contributed by atoms with Crippen LogP contribution in [0.3, 0.4) is 0 Å². The Morgan fingerprint density at radius 1 is 1.19 bits per heavy atom. The molecule has 7 heteroatoms. The molecule has 0 amide bonds. The van der Waals surface area contributed by atoms with Crippen LogP contribution in [0.15, 0.2) is 46.8 Å². The minimum Gasteiger partial charge on any atom is -0.477 e. The number of carboxylic acid groups (broad SMARTS) is 1. The Morgan fingerprint density at radius 2 is 1.97 bits per heavy atom. The van der Waals surface area contributed by atoms with E-state index >= 15 is 0 Å². The van der Waals surface area contributed by atoms with Crippen molar-refractivity contribution in [3.05, 3.63) is 63.4 Å². The number of carboxylic acids is 1. The lowest BCUT2D eigenvalue weighted by atomic mass is 9.78. The van der Waals surface area contributed by atoms with E-state index in [-0.39, 0.29) is 17.0 Å². The van der Waals surface area contributed by atoms with Crippen LogP contribution in [0.25, 0.3) is 32.6 Å². The van der Waals surface area contributed by atoms with Crippen LogP contribution in [0.4, 0.5) is 0 Å². The van der Waals surface area contributed by atoms with Crippen molar-refractivity contribution in [2.24, 2.45) is 12.5 Å². The molecule has 31 heavy (non-hydrogen) atoms. The van der Waals surface area contributed by atoms with E-state index in [0.29, 0.717) is 0 Å². The minimum absolute atomic E-state index is 0.0292. The molecule has 0 unspecified atom stereocenters. The van der Waals surface area contributed by atoms with Gasteiger partial charge in [-0.25, -0.2) is 4.79 Å². The van der Waals surface area contributed by atoms with Crippen molar-refractivity contribution < 1.29 is 9.90 Å². The summed E-state index contributed by atoms with van der Waals surface area (Å²) >= 11 is 1.71. The number of nitrogens with zero attached hydrogens (tertiary/aromatic N) is 3. The van der Waals surface area contributed by atoms with Crippen molar-refractivity contribution in [3.8, 4) is 22.5 Å². The molecular weight excluding hydrogens is 410 g/mol. The molecule has 3 aromatic heterocycles. The zero-order chi connectivity index (χ0) is 22.1. The number of aromatic carboxylic acids is 1. The summed E-state index contributed by atoms with van der Waals surface area (Å²) in [6.07, 6.45) is 4.08. The molecule has 1 aliphatic rings. The van der Waals surface area contributed by atoms with Crippen LogP contribution in [0.1, 0.15) is 42.7 Å². The Labute approximate surface area is 183 Å². The molecule has 158 valence electrons. The van der Waals surface area contributed by atoms with E-state index in [1.807, 2.05) is 22.4 Å². The molecule has 0 spiro atoms. The van der Waals surface area contributed by atoms with Crippen LogP contribution < -0.4 is 5.43 Å². The molecular formula is C24H23N3O3S. The van der Waals surface area contributed by atoms with E-state index in [1.165, 1.54) is 27.9 Å². The summed E-state index contributed by atoms with van der Waals surface area (Å²) in [6, 6.07) is 7.78. The van der Waals surface area contributed by atoms with Crippen molar-refractivity contribution in [3.63, 3.8) is 0 Å². The van der Waals surface area contributed by atoms with Gasteiger partial charge in [-0.2, -0.15) is 5.10 Å². The summed E-state index contributed by atoms with van der Waals surface area (Å²) in [5.41, 5.74) is 4.26. The van der Waals surface area contributed by atoms with Gasteiger partial charge in [-0.15, -0.1) is 11.3 Å². The number of hydrogen-bond donors (Lipinski definition) is 1. The zero-order valence-corrected chi connectivity index (χ0v) is 18.7. The summed E-state index contributed by atoms with van der Waals surface area (Å²) in [5.74, 6) is -1.19. The monoisotopic (exact) mass is 433 g/mol. The maximum absolute atomic E-state index is 12.7. The number of carbonyl (C=O) groups is 1. The average molecular weight is 434 g/mol. The Bertz CT molecular complexity index is 1420. The van der Waals surface area contributed by atoms with Crippen LogP contribution in [0, 0.1) is 5.41 Å². The highest BCUT2D eigenvalue weighted by molar-refractivity contribution is 7.17. The van der Waals surface area contributed by atoms with Crippen molar-refractivity contribution in [2.75, 3.05) is 0 Å². The Balaban J connectivity index is 1.88. The van der Waals surface area contributed by atoms with E-state index in [2.05, 4.69) is 43.4 Å². The summed E-state index contributed by atoms with van der Waals surface area (Å²) in [4.78, 5) is 24.3. The number of hydrogen-bond acceptors (Lipinski definition) is 4. The predicted molar refractivity (Wildman–Crippen MR) is 123 cm³/mol. The first-order valence-electron chi connectivity index (χ1n) is 10.2. The third-order valence-corrected chi connectivity index (χ3v) is 7.23. The lowest BCUT2D eigenvalue weighted by Gasteiger charge is -2.39. The first-order valence-corrected chi connectivity index (χ1v) is 11.1. The lowest BCUT2D eigenvalue weighted by molar-refractivity contribution is 0.0693. The number of pyridine rings is 1. The van der Waals surface area contributed by atoms with Gasteiger partial charge in [0, 0.05) is 52.8 Å². The molecule has 6 nitrogen and oxygen atoms in total. The second-order valence-electron chi connectivity index (χ2n) is 9.19. The van der Waals surface area contributed by atoms with E-state index in [1.54, 1.807) is 17.5 Å². The molecule has 5 rings (SSSR count). The van der Waals surface area contributed by atoms with E-state index in [9.17, 15) is 14.7 Å². The lowest BCUT2D eigenvalue weighted by Crippen LogP contribution is -2.32. The molecule has 0 bridgehead atoms. The average Bonchev–Trinajstić information content (AvgIpc) is 3.34. The van der Waals surface area contributed by atoms with Crippen molar-refractivity contribution in [1.82, 2.24) is 14.3 Å². The molecule has 0 saturated heterocycles. The fraction of sp³-hybridized carbons (Fsp3) is 0.292. The number of benzene rings is 1. The van der Waals surface area contributed by atoms with Gasteiger partial charge >= 0.3 is 5.97 Å². The van der Waals surface area contributed by atoms with Gasteiger partial charge in [-0.3, -0.25) is 9.48 Å². The largest absolute Gasteiger partial charge is 0.477 e. The Hall–Kier alpha value is -3.19. The minimum atomic E-state index is -1.19. The van der Waals surface area contributed by atoms with Gasteiger partial charge in [-0.05, 0) is 41.0 Å². The van der Waals surface area contributed by atoms with Crippen molar-refractivity contribution in [2.45, 2.75) is 33.2 Å². The predicted octanol–water partition coefficient (Wildman–Crippen LogP) is 4.97. The van der Waals surface area contributed by atoms with Crippen LogP contribution in [-0.4, -0.2) is 25.4 Å². The second kappa shape index (κ2) is 6.65. The molecule has 1 aliphatic heterocycles. The molecule has 0 aliphatic carbocycles. The van der Waals surface area contributed by atoms with Gasteiger partial charge in [0.2, 0.25) is 0 Å².